The van der Waals surface area contributed by atoms with E-state index in [1.807, 2.05) is 23.6 Å². The molecule has 0 fully saturated rings. The first-order valence-electron chi connectivity index (χ1n) is 7.58. The third-order valence-corrected chi connectivity index (χ3v) is 5.15. The summed E-state index contributed by atoms with van der Waals surface area (Å²) in [6, 6.07) is 5.71. The van der Waals surface area contributed by atoms with E-state index in [0.717, 1.165) is 32.9 Å². The van der Waals surface area contributed by atoms with E-state index in [4.69, 9.17) is 9.47 Å². The molecule has 0 radical (unpaired) electrons. The summed E-state index contributed by atoms with van der Waals surface area (Å²) >= 11 is 1.58. The monoisotopic (exact) mass is 343 g/mol. The van der Waals surface area contributed by atoms with Gasteiger partial charge in [0.15, 0.2) is 0 Å². The fourth-order valence-corrected chi connectivity index (χ4v) is 3.99. The van der Waals surface area contributed by atoms with Crippen LogP contribution in [-0.4, -0.2) is 35.8 Å². The van der Waals surface area contributed by atoms with Crippen molar-refractivity contribution < 1.29 is 14.6 Å². The van der Waals surface area contributed by atoms with Crippen LogP contribution in [0.15, 0.2) is 29.9 Å². The number of benzene rings is 1. The highest BCUT2D eigenvalue weighted by Crippen LogP contribution is 2.41. The molecular formula is C17H17N3O3S. The van der Waals surface area contributed by atoms with Gasteiger partial charge in [-0.1, -0.05) is 0 Å². The lowest BCUT2D eigenvalue weighted by Crippen LogP contribution is -2.34. The van der Waals surface area contributed by atoms with Gasteiger partial charge in [0.05, 0.1) is 26.2 Å². The molecule has 1 N–H and O–H groups in total. The number of ether oxygens (including phenoxy) is 2. The van der Waals surface area contributed by atoms with Crippen LogP contribution >= 0.6 is 11.3 Å². The Kier molecular flexibility index (Phi) is 3.74. The molecule has 3 heterocycles. The van der Waals surface area contributed by atoms with Crippen molar-refractivity contribution in [1.82, 2.24) is 9.97 Å². The van der Waals surface area contributed by atoms with Gasteiger partial charge in [0.1, 0.15) is 34.6 Å². The maximum atomic E-state index is 10.7. The van der Waals surface area contributed by atoms with E-state index >= 15 is 0 Å². The van der Waals surface area contributed by atoms with Gasteiger partial charge < -0.3 is 19.5 Å². The fraction of sp³-hybridized carbons (Fsp3) is 0.294. The van der Waals surface area contributed by atoms with Crippen LogP contribution in [0.1, 0.15) is 17.2 Å². The number of thiophene rings is 1. The molecule has 6 nitrogen and oxygen atoms in total. The molecule has 0 unspecified atom stereocenters. The molecule has 0 amide bonds. The molecule has 4 rings (SSSR count). The highest BCUT2D eigenvalue weighted by molar-refractivity contribution is 7.16. The van der Waals surface area contributed by atoms with Crippen molar-refractivity contribution in [2.75, 3.05) is 25.7 Å². The van der Waals surface area contributed by atoms with Crippen molar-refractivity contribution in [3.05, 3.63) is 41.0 Å². The largest absolute Gasteiger partial charge is 0.496 e. The van der Waals surface area contributed by atoms with Gasteiger partial charge in [0.25, 0.3) is 0 Å². The zero-order chi connectivity index (χ0) is 16.7. The minimum Gasteiger partial charge on any atom is -0.496 e. The van der Waals surface area contributed by atoms with E-state index in [1.54, 1.807) is 31.9 Å². The first-order chi connectivity index (χ1) is 11.7. The molecule has 0 spiro atoms. The van der Waals surface area contributed by atoms with E-state index < -0.39 is 6.10 Å². The standard InChI is InChI=1S/C17H17N3O3S/c1-22-13-3-4-14(23-2)15-11(13)7-20(8-12(15)21)16-10-5-6-24-17(10)19-9-18-16/h3-6,9,12,21H,7-8H2,1-2H3/t12-/m1/s1. The Morgan fingerprint density at radius 2 is 1.96 bits per heavy atom. The highest BCUT2D eigenvalue weighted by atomic mass is 32.1. The highest BCUT2D eigenvalue weighted by Gasteiger charge is 2.31. The van der Waals surface area contributed by atoms with Crippen molar-refractivity contribution in [2.45, 2.75) is 12.6 Å². The number of aliphatic hydroxyl groups is 1. The van der Waals surface area contributed by atoms with Crippen LogP contribution in [0, 0.1) is 0 Å². The number of hydrogen-bond acceptors (Lipinski definition) is 7. The Bertz CT molecular complexity index is 896. The predicted molar refractivity (Wildman–Crippen MR) is 93.0 cm³/mol. The van der Waals surface area contributed by atoms with Gasteiger partial charge >= 0.3 is 0 Å². The summed E-state index contributed by atoms with van der Waals surface area (Å²) in [6.07, 6.45) is 0.890. The number of anilines is 1. The molecule has 0 saturated carbocycles. The van der Waals surface area contributed by atoms with Crippen LogP contribution in [0.25, 0.3) is 10.2 Å². The Hall–Kier alpha value is -2.38. The van der Waals surface area contributed by atoms with Gasteiger partial charge in [-0.15, -0.1) is 11.3 Å². The summed E-state index contributed by atoms with van der Waals surface area (Å²) in [4.78, 5) is 11.7. The van der Waals surface area contributed by atoms with Crippen molar-refractivity contribution in [3.63, 3.8) is 0 Å². The topological polar surface area (TPSA) is 67.7 Å². The SMILES string of the molecule is COc1ccc(OC)c2c1CN(c1ncnc3sccc13)C[C@H]2O. The number of nitrogens with zero attached hydrogens (tertiary/aromatic N) is 3. The van der Waals surface area contributed by atoms with Crippen molar-refractivity contribution in [3.8, 4) is 11.5 Å². The van der Waals surface area contributed by atoms with Gasteiger partial charge in [-0.2, -0.15) is 0 Å². The maximum absolute atomic E-state index is 10.7. The number of rotatable bonds is 3. The first kappa shape index (κ1) is 15.2. The van der Waals surface area contributed by atoms with E-state index in [0.29, 0.717) is 18.8 Å². The average Bonchev–Trinajstić information content (AvgIpc) is 3.09. The Morgan fingerprint density at radius 3 is 2.75 bits per heavy atom. The first-order valence-corrected chi connectivity index (χ1v) is 8.46. The third kappa shape index (κ3) is 2.28. The third-order valence-electron chi connectivity index (χ3n) is 4.33. The van der Waals surface area contributed by atoms with Gasteiger partial charge in [0, 0.05) is 17.7 Å². The summed E-state index contributed by atoms with van der Waals surface area (Å²) in [5.74, 6) is 2.25. The molecule has 7 heteroatoms. The second-order valence-corrected chi connectivity index (χ2v) is 6.49. The van der Waals surface area contributed by atoms with Crippen molar-refractivity contribution in [2.24, 2.45) is 0 Å². The van der Waals surface area contributed by atoms with Crippen molar-refractivity contribution >= 4 is 27.4 Å². The Morgan fingerprint density at radius 1 is 1.17 bits per heavy atom. The smallest absolute Gasteiger partial charge is 0.141 e. The normalized spacial score (nSPS) is 17.0. The zero-order valence-electron chi connectivity index (χ0n) is 13.4. The van der Waals surface area contributed by atoms with E-state index in [-0.39, 0.29) is 0 Å². The molecular weight excluding hydrogens is 326 g/mol. The maximum Gasteiger partial charge on any atom is 0.141 e. The van der Waals surface area contributed by atoms with Gasteiger partial charge in [0.2, 0.25) is 0 Å². The van der Waals surface area contributed by atoms with Crippen LogP contribution in [0.2, 0.25) is 0 Å². The van der Waals surface area contributed by atoms with Crippen molar-refractivity contribution in [1.29, 1.82) is 0 Å². The lowest BCUT2D eigenvalue weighted by atomic mass is 9.95. The molecule has 1 aromatic carbocycles. The van der Waals surface area contributed by atoms with E-state index in [9.17, 15) is 5.11 Å². The molecule has 0 saturated heterocycles. The average molecular weight is 343 g/mol. The molecule has 1 atom stereocenters. The molecule has 1 aliphatic rings. The van der Waals surface area contributed by atoms with Crippen LogP contribution in [0.3, 0.4) is 0 Å². The minimum absolute atomic E-state index is 0.443. The predicted octanol–water partition coefficient (Wildman–Crippen LogP) is 2.76. The Balaban J connectivity index is 1.83. The van der Waals surface area contributed by atoms with E-state index in [2.05, 4.69) is 14.9 Å². The fourth-order valence-electron chi connectivity index (χ4n) is 3.27. The molecule has 0 aliphatic carbocycles. The molecule has 124 valence electrons. The van der Waals surface area contributed by atoms with Gasteiger partial charge in [-0.05, 0) is 23.6 Å². The number of hydrogen-bond donors (Lipinski definition) is 1. The molecule has 2 aromatic heterocycles. The lowest BCUT2D eigenvalue weighted by Gasteiger charge is -2.34. The summed E-state index contributed by atoms with van der Waals surface area (Å²) in [7, 11) is 3.25. The van der Waals surface area contributed by atoms with Crippen LogP contribution < -0.4 is 14.4 Å². The number of aromatic nitrogens is 2. The van der Waals surface area contributed by atoms with Crippen LogP contribution in [-0.2, 0) is 6.54 Å². The quantitative estimate of drug-likeness (QED) is 0.789. The number of fused-ring (bicyclic) bond motifs is 2. The summed E-state index contributed by atoms with van der Waals surface area (Å²) in [5.41, 5.74) is 1.72. The molecule has 24 heavy (non-hydrogen) atoms. The molecule has 0 bridgehead atoms. The Labute approximate surface area is 143 Å². The summed E-state index contributed by atoms with van der Waals surface area (Å²) < 4.78 is 10.9. The molecule has 3 aromatic rings. The minimum atomic E-state index is -0.678. The summed E-state index contributed by atoms with van der Waals surface area (Å²) in [5, 5.41) is 13.7. The summed E-state index contributed by atoms with van der Waals surface area (Å²) in [6.45, 7) is 1.03. The zero-order valence-corrected chi connectivity index (χ0v) is 14.2. The molecule has 1 aliphatic heterocycles. The number of β-amino-alcohol motifs (C(OH)–C–C–N with tert-alkyl or cyclic N) is 1. The van der Waals surface area contributed by atoms with Gasteiger partial charge in [-0.25, -0.2) is 9.97 Å². The van der Waals surface area contributed by atoms with Gasteiger partial charge in [-0.3, -0.25) is 0 Å². The number of aliphatic hydroxyl groups excluding tert-OH is 1. The van der Waals surface area contributed by atoms with E-state index in [1.165, 1.54) is 0 Å². The van der Waals surface area contributed by atoms with Crippen LogP contribution in [0.4, 0.5) is 5.82 Å². The number of methoxy groups -OCH3 is 2. The second kappa shape index (κ2) is 5.92. The van der Waals surface area contributed by atoms with Crippen LogP contribution in [0.5, 0.6) is 11.5 Å². The second-order valence-electron chi connectivity index (χ2n) is 5.60. The lowest BCUT2D eigenvalue weighted by molar-refractivity contribution is 0.169.